The first-order chi connectivity index (χ1) is 9.99. The van der Waals surface area contributed by atoms with Crippen LogP contribution in [0.3, 0.4) is 0 Å². The number of benzene rings is 1. The van der Waals surface area contributed by atoms with Gasteiger partial charge in [-0.3, -0.25) is 4.90 Å². The molecule has 1 atom stereocenters. The number of halogens is 1. The summed E-state index contributed by atoms with van der Waals surface area (Å²) in [5, 5.41) is 9.34. The Kier molecular flexibility index (Phi) is 4.93. The lowest BCUT2D eigenvalue weighted by atomic mass is 10.1. The van der Waals surface area contributed by atoms with Crippen LogP contribution in [0.5, 0.6) is 0 Å². The molecule has 1 unspecified atom stereocenters. The summed E-state index contributed by atoms with van der Waals surface area (Å²) < 4.78 is 38.9. The van der Waals surface area contributed by atoms with Gasteiger partial charge in [0.1, 0.15) is 11.9 Å². The zero-order valence-electron chi connectivity index (χ0n) is 11.9. The first kappa shape index (κ1) is 15.9. The van der Waals surface area contributed by atoms with Gasteiger partial charge in [-0.05, 0) is 13.0 Å². The minimum atomic E-state index is -3.20. The number of piperazine rings is 1. The van der Waals surface area contributed by atoms with Gasteiger partial charge in [0.05, 0.1) is 11.8 Å². The van der Waals surface area contributed by atoms with E-state index in [1.165, 1.54) is 10.4 Å². The third-order valence-electron chi connectivity index (χ3n) is 3.72. The highest BCUT2D eigenvalue weighted by Crippen LogP contribution is 2.24. The Labute approximate surface area is 124 Å². The van der Waals surface area contributed by atoms with Crippen molar-refractivity contribution in [2.24, 2.45) is 0 Å². The quantitative estimate of drug-likeness (QED) is 0.842. The van der Waals surface area contributed by atoms with E-state index in [4.69, 9.17) is 0 Å². The molecule has 1 aromatic rings. The summed E-state index contributed by atoms with van der Waals surface area (Å²) in [6.07, 6.45) is 0. The van der Waals surface area contributed by atoms with E-state index in [-0.39, 0.29) is 5.75 Å². The van der Waals surface area contributed by atoms with Crippen LogP contribution in [-0.4, -0.2) is 49.6 Å². The van der Waals surface area contributed by atoms with Gasteiger partial charge in [0.15, 0.2) is 0 Å². The van der Waals surface area contributed by atoms with Gasteiger partial charge in [-0.2, -0.15) is 9.57 Å². The molecule has 5 nitrogen and oxygen atoms in total. The van der Waals surface area contributed by atoms with E-state index in [2.05, 4.69) is 6.07 Å². The van der Waals surface area contributed by atoms with Crippen LogP contribution in [0.15, 0.2) is 24.3 Å². The average molecular weight is 311 g/mol. The molecule has 0 saturated carbocycles. The molecule has 1 aromatic carbocycles. The summed E-state index contributed by atoms with van der Waals surface area (Å²) in [6.45, 7) is 3.13. The Hall–Kier alpha value is -1.49. The van der Waals surface area contributed by atoms with Crippen molar-refractivity contribution in [1.82, 2.24) is 9.21 Å². The Morgan fingerprint density at radius 1 is 1.29 bits per heavy atom. The van der Waals surface area contributed by atoms with Gasteiger partial charge in [-0.1, -0.05) is 18.2 Å². The SMILES string of the molecule is CCS(=O)(=O)N1CCN(C(C#N)c2ccccc2F)CC1. The molecule has 21 heavy (non-hydrogen) atoms. The van der Waals surface area contributed by atoms with E-state index in [0.29, 0.717) is 31.7 Å². The number of nitriles is 1. The lowest BCUT2D eigenvalue weighted by molar-refractivity contribution is 0.160. The topological polar surface area (TPSA) is 64.4 Å². The molecule has 0 N–H and O–H groups in total. The smallest absolute Gasteiger partial charge is 0.213 e. The number of hydrogen-bond acceptors (Lipinski definition) is 4. The van der Waals surface area contributed by atoms with Crippen LogP contribution in [0.25, 0.3) is 0 Å². The van der Waals surface area contributed by atoms with Crippen molar-refractivity contribution in [2.75, 3.05) is 31.9 Å². The fourth-order valence-electron chi connectivity index (χ4n) is 2.47. The lowest BCUT2D eigenvalue weighted by Crippen LogP contribution is -2.49. The Balaban J connectivity index is 2.11. The van der Waals surface area contributed by atoms with Crippen molar-refractivity contribution in [3.05, 3.63) is 35.6 Å². The van der Waals surface area contributed by atoms with Gasteiger partial charge >= 0.3 is 0 Å². The Morgan fingerprint density at radius 3 is 2.43 bits per heavy atom. The predicted octanol–water partition coefficient (Wildman–Crippen LogP) is 1.36. The zero-order valence-corrected chi connectivity index (χ0v) is 12.7. The van der Waals surface area contributed by atoms with E-state index in [1.807, 2.05) is 4.90 Å². The third-order valence-corrected chi connectivity index (χ3v) is 5.60. The molecule has 1 aliphatic rings. The van der Waals surface area contributed by atoms with Gasteiger partial charge in [0.2, 0.25) is 10.0 Å². The molecule has 0 radical (unpaired) electrons. The van der Waals surface area contributed by atoms with E-state index >= 15 is 0 Å². The van der Waals surface area contributed by atoms with Gasteiger partial charge < -0.3 is 0 Å². The van der Waals surface area contributed by atoms with Crippen LogP contribution in [0.1, 0.15) is 18.5 Å². The molecule has 0 bridgehead atoms. The predicted molar refractivity (Wildman–Crippen MR) is 77.4 cm³/mol. The number of hydrogen-bond donors (Lipinski definition) is 0. The molecular weight excluding hydrogens is 293 g/mol. The van der Waals surface area contributed by atoms with Crippen LogP contribution in [-0.2, 0) is 10.0 Å². The van der Waals surface area contributed by atoms with Gasteiger partial charge in [-0.25, -0.2) is 12.8 Å². The summed E-state index contributed by atoms with van der Waals surface area (Å²) in [5.74, 6) is -0.338. The molecule has 0 aliphatic carbocycles. The molecule has 1 saturated heterocycles. The summed E-state index contributed by atoms with van der Waals surface area (Å²) >= 11 is 0. The largest absolute Gasteiger partial charge is 0.282 e. The molecule has 1 heterocycles. The highest BCUT2D eigenvalue weighted by molar-refractivity contribution is 7.89. The maximum atomic E-state index is 13.8. The van der Waals surface area contributed by atoms with Crippen molar-refractivity contribution in [3.63, 3.8) is 0 Å². The number of nitrogens with zero attached hydrogens (tertiary/aromatic N) is 3. The standard InChI is InChI=1S/C14H18FN3O2S/c1-2-21(19,20)18-9-7-17(8-10-18)14(11-16)12-5-3-4-6-13(12)15/h3-6,14H,2,7-10H2,1H3. The van der Waals surface area contributed by atoms with E-state index in [9.17, 15) is 18.1 Å². The minimum Gasteiger partial charge on any atom is -0.282 e. The second-order valence-electron chi connectivity index (χ2n) is 4.89. The van der Waals surface area contributed by atoms with Crippen molar-refractivity contribution < 1.29 is 12.8 Å². The van der Waals surface area contributed by atoms with Crippen LogP contribution < -0.4 is 0 Å². The van der Waals surface area contributed by atoms with Crippen LogP contribution in [0, 0.1) is 17.1 Å². The summed E-state index contributed by atoms with van der Waals surface area (Å²) in [6, 6.07) is 7.64. The normalized spacial score (nSPS) is 19.1. The third kappa shape index (κ3) is 3.40. The first-order valence-electron chi connectivity index (χ1n) is 6.85. The van der Waals surface area contributed by atoms with Crippen molar-refractivity contribution >= 4 is 10.0 Å². The fourth-order valence-corrected chi connectivity index (χ4v) is 3.55. The van der Waals surface area contributed by atoms with Crippen LogP contribution in [0.4, 0.5) is 4.39 Å². The van der Waals surface area contributed by atoms with Gasteiger partial charge in [-0.15, -0.1) is 0 Å². The highest BCUT2D eigenvalue weighted by Gasteiger charge is 2.30. The summed E-state index contributed by atoms with van der Waals surface area (Å²) in [7, 11) is -3.20. The maximum absolute atomic E-state index is 13.8. The van der Waals surface area contributed by atoms with Crippen LogP contribution >= 0.6 is 0 Å². The molecule has 114 valence electrons. The average Bonchev–Trinajstić information content (AvgIpc) is 2.50. The Morgan fingerprint density at radius 2 is 1.90 bits per heavy atom. The molecule has 2 rings (SSSR count). The van der Waals surface area contributed by atoms with E-state index in [1.54, 1.807) is 25.1 Å². The maximum Gasteiger partial charge on any atom is 0.213 e. The lowest BCUT2D eigenvalue weighted by Gasteiger charge is -2.36. The fraction of sp³-hybridized carbons (Fsp3) is 0.500. The van der Waals surface area contributed by atoms with Gasteiger partial charge in [0.25, 0.3) is 0 Å². The summed E-state index contributed by atoms with van der Waals surface area (Å²) in [5.41, 5.74) is 0.340. The van der Waals surface area contributed by atoms with E-state index in [0.717, 1.165) is 0 Å². The molecule has 1 aliphatic heterocycles. The number of rotatable bonds is 4. The monoisotopic (exact) mass is 311 g/mol. The van der Waals surface area contributed by atoms with Crippen molar-refractivity contribution in [3.8, 4) is 6.07 Å². The molecule has 0 aromatic heterocycles. The number of sulfonamides is 1. The molecule has 0 spiro atoms. The van der Waals surface area contributed by atoms with E-state index < -0.39 is 21.9 Å². The first-order valence-corrected chi connectivity index (χ1v) is 8.46. The van der Waals surface area contributed by atoms with Gasteiger partial charge in [0, 0.05) is 31.7 Å². The molecular formula is C14H18FN3O2S. The van der Waals surface area contributed by atoms with Crippen molar-refractivity contribution in [1.29, 1.82) is 5.26 Å². The second kappa shape index (κ2) is 6.52. The minimum absolute atomic E-state index is 0.0714. The highest BCUT2D eigenvalue weighted by atomic mass is 32.2. The Bertz CT molecular complexity index is 634. The van der Waals surface area contributed by atoms with Crippen LogP contribution in [0.2, 0.25) is 0 Å². The summed E-state index contributed by atoms with van der Waals surface area (Å²) in [4.78, 5) is 1.82. The zero-order chi connectivity index (χ0) is 15.5. The van der Waals surface area contributed by atoms with Crippen molar-refractivity contribution in [2.45, 2.75) is 13.0 Å². The second-order valence-corrected chi connectivity index (χ2v) is 7.15. The molecule has 1 fully saturated rings. The molecule has 0 amide bonds. The molecule has 7 heteroatoms.